The molecule has 11 nitrogen and oxygen atoms in total. The Kier molecular flexibility index (Phi) is 6.35. The molecule has 0 bridgehead atoms. The van der Waals surface area contributed by atoms with Crippen molar-refractivity contribution in [2.24, 2.45) is 5.73 Å². The standard InChI is InChI=1S/C23H24N6O5/c1-13-20(22(31)28-15-6-4-5-7-16(15)32-2)21(29-23(27-13)25-12-26-29)14-8-9-17(18(10-14)33-3)34-11-19(24)30/h4-10,12,21H,11H2,1-3H3,(H2,24,30)(H,28,31)(H,25,26,27)/t21-/m0/s1. The van der Waals surface area contributed by atoms with Crippen molar-refractivity contribution in [3.05, 3.63) is 65.6 Å². The van der Waals surface area contributed by atoms with E-state index in [1.165, 1.54) is 20.5 Å². The van der Waals surface area contributed by atoms with Crippen LogP contribution in [0.2, 0.25) is 0 Å². The normalized spacial score (nSPS) is 14.6. The number of aromatic nitrogens is 3. The van der Waals surface area contributed by atoms with Gasteiger partial charge in [-0.05, 0) is 36.8 Å². The predicted molar refractivity (Wildman–Crippen MR) is 124 cm³/mol. The number of methoxy groups -OCH3 is 2. The molecular formula is C23H24N6O5. The number of nitrogens with two attached hydrogens (primary N) is 1. The summed E-state index contributed by atoms with van der Waals surface area (Å²) in [5, 5.41) is 10.4. The Hall–Kier alpha value is -4.54. The van der Waals surface area contributed by atoms with Crippen molar-refractivity contribution in [3.63, 3.8) is 0 Å². The van der Waals surface area contributed by atoms with E-state index in [1.807, 2.05) is 6.07 Å². The van der Waals surface area contributed by atoms with E-state index >= 15 is 0 Å². The number of anilines is 2. The third-order valence-corrected chi connectivity index (χ3v) is 5.27. The summed E-state index contributed by atoms with van der Waals surface area (Å²) < 4.78 is 17.9. The molecule has 0 saturated carbocycles. The average Bonchev–Trinajstić information content (AvgIpc) is 3.30. The number of fused-ring (bicyclic) bond motifs is 1. The first-order chi connectivity index (χ1) is 16.4. The van der Waals surface area contributed by atoms with E-state index in [2.05, 4.69) is 20.7 Å². The summed E-state index contributed by atoms with van der Waals surface area (Å²) in [6.45, 7) is 1.51. The lowest BCUT2D eigenvalue weighted by atomic mass is 9.94. The quantitative estimate of drug-likeness (QED) is 0.460. The molecule has 0 unspecified atom stereocenters. The Labute approximate surface area is 195 Å². The number of nitrogens with zero attached hydrogens (tertiary/aromatic N) is 3. The van der Waals surface area contributed by atoms with Crippen LogP contribution in [0.25, 0.3) is 0 Å². The number of amides is 2. The van der Waals surface area contributed by atoms with Crippen LogP contribution in [-0.4, -0.2) is 47.4 Å². The smallest absolute Gasteiger partial charge is 0.255 e. The molecule has 0 spiro atoms. The molecule has 2 amide bonds. The van der Waals surface area contributed by atoms with Crippen LogP contribution in [0.15, 0.2) is 60.1 Å². The summed E-state index contributed by atoms with van der Waals surface area (Å²) in [6.07, 6.45) is 1.41. The molecule has 4 rings (SSSR count). The van der Waals surface area contributed by atoms with Gasteiger partial charge in [-0.3, -0.25) is 9.59 Å². The van der Waals surface area contributed by atoms with Crippen molar-refractivity contribution >= 4 is 23.5 Å². The molecule has 0 fully saturated rings. The summed E-state index contributed by atoms with van der Waals surface area (Å²) in [7, 11) is 3.02. The van der Waals surface area contributed by atoms with Crippen LogP contribution in [0.5, 0.6) is 17.2 Å². The number of ether oxygens (including phenoxy) is 3. The monoisotopic (exact) mass is 464 g/mol. The van der Waals surface area contributed by atoms with E-state index in [1.54, 1.807) is 48.0 Å². The minimum absolute atomic E-state index is 0.290. The fourth-order valence-corrected chi connectivity index (χ4v) is 3.75. The van der Waals surface area contributed by atoms with E-state index in [9.17, 15) is 9.59 Å². The molecule has 1 aromatic heterocycles. The van der Waals surface area contributed by atoms with Gasteiger partial charge in [-0.15, -0.1) is 0 Å². The number of primary amides is 1. The first-order valence-corrected chi connectivity index (χ1v) is 10.3. The average molecular weight is 464 g/mol. The van der Waals surface area contributed by atoms with Crippen LogP contribution in [-0.2, 0) is 9.59 Å². The Morgan fingerprint density at radius 3 is 2.62 bits per heavy atom. The Balaban J connectivity index is 1.74. The third-order valence-electron chi connectivity index (χ3n) is 5.27. The lowest BCUT2D eigenvalue weighted by molar-refractivity contribution is -0.120. The van der Waals surface area contributed by atoms with Crippen LogP contribution >= 0.6 is 0 Å². The Bertz CT molecular complexity index is 1270. The summed E-state index contributed by atoms with van der Waals surface area (Å²) in [5.41, 5.74) is 7.45. The molecule has 176 valence electrons. The minimum Gasteiger partial charge on any atom is -0.495 e. The van der Waals surface area contributed by atoms with Crippen molar-refractivity contribution in [1.82, 2.24) is 14.8 Å². The van der Waals surface area contributed by atoms with Gasteiger partial charge in [-0.25, -0.2) is 4.68 Å². The maximum Gasteiger partial charge on any atom is 0.255 e. The highest BCUT2D eigenvalue weighted by molar-refractivity contribution is 6.06. The largest absolute Gasteiger partial charge is 0.495 e. The van der Waals surface area contributed by atoms with Crippen molar-refractivity contribution in [2.75, 3.05) is 31.5 Å². The number of carbonyl (C=O) groups is 2. The lowest BCUT2D eigenvalue weighted by Gasteiger charge is -2.29. The second kappa shape index (κ2) is 9.53. The zero-order chi connectivity index (χ0) is 24.2. The molecule has 3 aromatic rings. The summed E-state index contributed by atoms with van der Waals surface area (Å²) in [5.74, 6) is 0.803. The Morgan fingerprint density at radius 1 is 1.12 bits per heavy atom. The van der Waals surface area contributed by atoms with Gasteiger partial charge in [0.25, 0.3) is 11.8 Å². The van der Waals surface area contributed by atoms with Crippen LogP contribution in [0.1, 0.15) is 18.5 Å². The van der Waals surface area contributed by atoms with Crippen LogP contribution < -0.4 is 30.6 Å². The number of allylic oxidation sites excluding steroid dienone is 1. The SMILES string of the molecule is COc1ccccc1NC(=O)C1=C(C)Nc2ncnn2[C@H]1c1ccc(OCC(N)=O)c(OC)c1. The maximum atomic E-state index is 13.5. The molecule has 0 saturated heterocycles. The Morgan fingerprint density at radius 2 is 1.88 bits per heavy atom. The molecule has 1 aliphatic heterocycles. The number of rotatable bonds is 8. The van der Waals surface area contributed by atoms with E-state index in [0.29, 0.717) is 45.7 Å². The summed E-state index contributed by atoms with van der Waals surface area (Å²) in [6, 6.07) is 11.7. The zero-order valence-electron chi connectivity index (χ0n) is 18.9. The summed E-state index contributed by atoms with van der Waals surface area (Å²) in [4.78, 5) is 28.9. The van der Waals surface area contributed by atoms with Crippen molar-refractivity contribution in [1.29, 1.82) is 0 Å². The summed E-state index contributed by atoms with van der Waals surface area (Å²) >= 11 is 0. The highest BCUT2D eigenvalue weighted by atomic mass is 16.5. The van der Waals surface area contributed by atoms with Gasteiger partial charge in [0, 0.05) is 5.70 Å². The van der Waals surface area contributed by atoms with Gasteiger partial charge in [-0.1, -0.05) is 18.2 Å². The predicted octanol–water partition coefficient (Wildman–Crippen LogP) is 2.09. The van der Waals surface area contributed by atoms with Crippen molar-refractivity contribution in [3.8, 4) is 17.2 Å². The molecule has 11 heteroatoms. The topological polar surface area (TPSA) is 143 Å². The molecule has 1 atom stereocenters. The minimum atomic E-state index is -0.618. The first kappa shape index (κ1) is 22.6. The second-order valence-electron chi connectivity index (χ2n) is 7.41. The molecule has 2 heterocycles. The number of hydrogen-bond acceptors (Lipinski definition) is 8. The van der Waals surface area contributed by atoms with Gasteiger partial charge in [0.05, 0.1) is 25.5 Å². The third kappa shape index (κ3) is 4.35. The highest BCUT2D eigenvalue weighted by Crippen LogP contribution is 2.39. The van der Waals surface area contributed by atoms with Crippen LogP contribution in [0.3, 0.4) is 0 Å². The van der Waals surface area contributed by atoms with E-state index in [-0.39, 0.29) is 12.5 Å². The second-order valence-corrected chi connectivity index (χ2v) is 7.41. The fraction of sp³-hybridized carbons (Fsp3) is 0.217. The van der Waals surface area contributed by atoms with E-state index in [0.717, 1.165) is 0 Å². The van der Waals surface area contributed by atoms with Gasteiger partial charge in [0.15, 0.2) is 18.1 Å². The van der Waals surface area contributed by atoms with Crippen molar-refractivity contribution in [2.45, 2.75) is 13.0 Å². The molecule has 34 heavy (non-hydrogen) atoms. The molecular weight excluding hydrogens is 440 g/mol. The number of carbonyl (C=O) groups excluding carboxylic acids is 2. The van der Waals surface area contributed by atoms with Gasteiger partial charge in [-0.2, -0.15) is 10.1 Å². The van der Waals surface area contributed by atoms with E-state index in [4.69, 9.17) is 19.9 Å². The number of para-hydroxylation sites is 2. The van der Waals surface area contributed by atoms with E-state index < -0.39 is 11.9 Å². The lowest BCUT2D eigenvalue weighted by Crippen LogP contribution is -2.31. The fourth-order valence-electron chi connectivity index (χ4n) is 3.75. The van der Waals surface area contributed by atoms with Gasteiger partial charge >= 0.3 is 0 Å². The number of nitrogens with one attached hydrogen (secondary N) is 2. The molecule has 1 aliphatic rings. The molecule has 2 aromatic carbocycles. The van der Waals surface area contributed by atoms with Crippen molar-refractivity contribution < 1.29 is 23.8 Å². The van der Waals surface area contributed by atoms with Crippen LogP contribution in [0, 0.1) is 0 Å². The van der Waals surface area contributed by atoms with Crippen LogP contribution in [0.4, 0.5) is 11.6 Å². The van der Waals surface area contributed by atoms with Gasteiger partial charge < -0.3 is 30.6 Å². The highest BCUT2D eigenvalue weighted by Gasteiger charge is 2.34. The maximum absolute atomic E-state index is 13.5. The number of hydrogen-bond donors (Lipinski definition) is 3. The molecule has 0 radical (unpaired) electrons. The molecule has 4 N–H and O–H groups in total. The van der Waals surface area contributed by atoms with Gasteiger partial charge in [0.1, 0.15) is 18.1 Å². The van der Waals surface area contributed by atoms with Gasteiger partial charge in [0.2, 0.25) is 5.95 Å². The first-order valence-electron chi connectivity index (χ1n) is 10.3. The zero-order valence-corrected chi connectivity index (χ0v) is 18.9. The number of benzene rings is 2. The molecule has 0 aliphatic carbocycles.